The summed E-state index contributed by atoms with van der Waals surface area (Å²) in [6.07, 6.45) is 4.66. The predicted octanol–water partition coefficient (Wildman–Crippen LogP) is 3.24. The van der Waals surface area contributed by atoms with Gasteiger partial charge in [-0.25, -0.2) is 4.79 Å². The van der Waals surface area contributed by atoms with Crippen LogP contribution in [0.25, 0.3) is 6.08 Å². The first-order valence-corrected chi connectivity index (χ1v) is 9.10. The van der Waals surface area contributed by atoms with Gasteiger partial charge in [-0.3, -0.25) is 4.79 Å². The molecule has 0 atom stereocenters. The van der Waals surface area contributed by atoms with Gasteiger partial charge in [0.1, 0.15) is 0 Å². The van der Waals surface area contributed by atoms with Crippen molar-refractivity contribution in [3.63, 3.8) is 0 Å². The van der Waals surface area contributed by atoms with Crippen LogP contribution in [0.4, 0.5) is 5.69 Å². The van der Waals surface area contributed by atoms with Gasteiger partial charge in [-0.2, -0.15) is 0 Å². The summed E-state index contributed by atoms with van der Waals surface area (Å²) >= 11 is 0. The van der Waals surface area contributed by atoms with E-state index in [1.807, 2.05) is 55.5 Å². The number of carbonyl (C=O) groups is 2. The Morgan fingerprint density at radius 1 is 1.11 bits per heavy atom. The molecular weight excluding hydrogens is 358 g/mol. The highest BCUT2D eigenvalue weighted by Crippen LogP contribution is 2.29. The lowest BCUT2D eigenvalue weighted by Crippen LogP contribution is -2.33. The van der Waals surface area contributed by atoms with E-state index < -0.39 is 5.97 Å². The number of carbonyl (C=O) groups excluding carboxylic acids is 2. The lowest BCUT2D eigenvalue weighted by molar-refractivity contribution is -0.149. The molecule has 1 heterocycles. The average Bonchev–Trinajstić information content (AvgIpc) is 3.15. The van der Waals surface area contributed by atoms with Crippen LogP contribution in [0.2, 0.25) is 0 Å². The van der Waals surface area contributed by atoms with Gasteiger partial charge in [-0.1, -0.05) is 36.4 Å². The van der Waals surface area contributed by atoms with Crippen molar-refractivity contribution in [3.05, 3.63) is 59.7 Å². The molecule has 0 bridgehead atoms. The van der Waals surface area contributed by atoms with Crippen molar-refractivity contribution in [1.82, 2.24) is 0 Å². The van der Waals surface area contributed by atoms with Crippen LogP contribution in [-0.2, 0) is 20.7 Å². The summed E-state index contributed by atoms with van der Waals surface area (Å²) < 4.78 is 15.9. The van der Waals surface area contributed by atoms with Crippen LogP contribution < -0.4 is 14.4 Å². The third-order valence-corrected chi connectivity index (χ3v) is 4.44. The Labute approximate surface area is 164 Å². The van der Waals surface area contributed by atoms with Gasteiger partial charge in [0, 0.05) is 12.2 Å². The van der Waals surface area contributed by atoms with E-state index in [2.05, 4.69) is 0 Å². The number of amides is 1. The fourth-order valence-corrected chi connectivity index (χ4v) is 3.10. The Morgan fingerprint density at radius 2 is 1.93 bits per heavy atom. The molecule has 0 radical (unpaired) electrons. The van der Waals surface area contributed by atoms with Crippen molar-refractivity contribution in [2.45, 2.75) is 13.3 Å². The van der Waals surface area contributed by atoms with Gasteiger partial charge >= 0.3 is 5.97 Å². The number of para-hydroxylation sites is 1. The number of anilines is 1. The Hall–Kier alpha value is -3.28. The number of hydrogen-bond acceptors (Lipinski definition) is 5. The minimum absolute atomic E-state index is 0.244. The second-order valence-corrected chi connectivity index (χ2v) is 6.28. The summed E-state index contributed by atoms with van der Waals surface area (Å²) in [5.74, 6) is 0.104. The quantitative estimate of drug-likeness (QED) is 0.689. The lowest BCUT2D eigenvalue weighted by Gasteiger charge is -2.17. The van der Waals surface area contributed by atoms with Gasteiger partial charge in [0.15, 0.2) is 24.7 Å². The maximum absolute atomic E-state index is 12.4. The maximum Gasteiger partial charge on any atom is 0.344 e. The third-order valence-electron chi connectivity index (χ3n) is 4.44. The van der Waals surface area contributed by atoms with Crippen LogP contribution in [0.15, 0.2) is 48.5 Å². The summed E-state index contributed by atoms with van der Waals surface area (Å²) in [4.78, 5) is 26.0. The van der Waals surface area contributed by atoms with Crippen molar-refractivity contribution < 1.29 is 23.8 Å². The van der Waals surface area contributed by atoms with E-state index in [1.54, 1.807) is 11.0 Å². The van der Waals surface area contributed by atoms with E-state index in [0.717, 1.165) is 23.2 Å². The molecule has 6 nitrogen and oxygen atoms in total. The topological polar surface area (TPSA) is 65.1 Å². The van der Waals surface area contributed by atoms with E-state index in [-0.39, 0.29) is 19.1 Å². The molecule has 0 unspecified atom stereocenters. The Bertz CT molecular complexity index is 890. The van der Waals surface area contributed by atoms with Gasteiger partial charge in [0.2, 0.25) is 0 Å². The molecule has 2 aromatic carbocycles. The molecule has 0 aromatic heterocycles. The zero-order chi connectivity index (χ0) is 19.9. The number of esters is 1. The number of fused-ring (bicyclic) bond motifs is 1. The van der Waals surface area contributed by atoms with Crippen molar-refractivity contribution in [3.8, 4) is 11.5 Å². The van der Waals surface area contributed by atoms with Crippen LogP contribution in [0.1, 0.15) is 18.1 Å². The Morgan fingerprint density at radius 3 is 2.71 bits per heavy atom. The summed E-state index contributed by atoms with van der Waals surface area (Å²) in [6.45, 7) is 1.91. The zero-order valence-electron chi connectivity index (χ0n) is 16.0. The summed E-state index contributed by atoms with van der Waals surface area (Å²) in [5.41, 5.74) is 2.97. The molecule has 28 heavy (non-hydrogen) atoms. The Balaban J connectivity index is 1.51. The number of nitrogens with zero attached hydrogens (tertiary/aromatic N) is 1. The first kappa shape index (κ1) is 19.5. The fourth-order valence-electron chi connectivity index (χ4n) is 3.10. The van der Waals surface area contributed by atoms with Gasteiger partial charge in [-0.05, 0) is 42.7 Å². The molecule has 0 saturated carbocycles. The molecule has 146 valence electrons. The van der Waals surface area contributed by atoms with E-state index in [1.165, 1.54) is 7.11 Å². The normalized spacial score (nSPS) is 12.7. The monoisotopic (exact) mass is 381 g/mol. The van der Waals surface area contributed by atoms with Crippen molar-refractivity contribution in [2.75, 3.05) is 31.8 Å². The molecule has 2 aromatic rings. The molecule has 0 aliphatic carbocycles. The van der Waals surface area contributed by atoms with Crippen LogP contribution >= 0.6 is 0 Å². The zero-order valence-corrected chi connectivity index (χ0v) is 16.0. The van der Waals surface area contributed by atoms with E-state index in [9.17, 15) is 9.59 Å². The molecular formula is C22H23NO5. The van der Waals surface area contributed by atoms with Gasteiger partial charge < -0.3 is 19.1 Å². The molecule has 1 aliphatic heterocycles. The number of allylic oxidation sites excluding steroid dienone is 1. The molecule has 0 fully saturated rings. The number of rotatable bonds is 7. The Kier molecular flexibility index (Phi) is 6.32. The number of methoxy groups -OCH3 is 1. The van der Waals surface area contributed by atoms with Gasteiger partial charge in [0.05, 0.1) is 7.11 Å². The highest BCUT2D eigenvalue weighted by atomic mass is 16.6. The minimum Gasteiger partial charge on any atom is -0.493 e. The fraction of sp³-hybridized carbons (Fsp3) is 0.273. The second kappa shape index (κ2) is 9.08. The molecule has 0 N–H and O–H groups in total. The number of ether oxygens (including phenoxy) is 3. The van der Waals surface area contributed by atoms with Crippen LogP contribution in [0.3, 0.4) is 0 Å². The van der Waals surface area contributed by atoms with Crippen LogP contribution in [-0.4, -0.2) is 38.7 Å². The summed E-state index contributed by atoms with van der Waals surface area (Å²) in [7, 11) is 1.53. The largest absolute Gasteiger partial charge is 0.493 e. The van der Waals surface area contributed by atoms with E-state index >= 15 is 0 Å². The first-order valence-electron chi connectivity index (χ1n) is 9.10. The summed E-state index contributed by atoms with van der Waals surface area (Å²) in [6, 6.07) is 13.1. The molecule has 0 spiro atoms. The van der Waals surface area contributed by atoms with E-state index in [0.29, 0.717) is 18.0 Å². The van der Waals surface area contributed by atoms with Crippen LogP contribution in [0.5, 0.6) is 11.5 Å². The smallest absolute Gasteiger partial charge is 0.344 e. The second-order valence-electron chi connectivity index (χ2n) is 6.28. The first-order chi connectivity index (χ1) is 13.6. The molecule has 1 aliphatic rings. The molecule has 6 heteroatoms. The minimum atomic E-state index is -0.611. The molecule has 0 saturated heterocycles. The molecule has 3 rings (SSSR count). The third kappa shape index (κ3) is 4.52. The maximum atomic E-state index is 12.4. The van der Waals surface area contributed by atoms with Gasteiger partial charge in [-0.15, -0.1) is 0 Å². The SMILES string of the molecule is C/C=C/c1ccc(OCC(=O)OCC(=O)N2CCc3ccccc32)c(OC)c1. The number of benzene rings is 2. The van der Waals surface area contributed by atoms with Crippen molar-refractivity contribution in [2.24, 2.45) is 0 Å². The van der Waals surface area contributed by atoms with E-state index in [4.69, 9.17) is 14.2 Å². The van der Waals surface area contributed by atoms with Crippen molar-refractivity contribution >= 4 is 23.6 Å². The van der Waals surface area contributed by atoms with Crippen LogP contribution in [0, 0.1) is 0 Å². The highest BCUT2D eigenvalue weighted by molar-refractivity contribution is 5.97. The summed E-state index contributed by atoms with van der Waals surface area (Å²) in [5, 5.41) is 0. The van der Waals surface area contributed by atoms with Gasteiger partial charge in [0.25, 0.3) is 5.91 Å². The average molecular weight is 381 g/mol. The molecule has 1 amide bonds. The number of hydrogen-bond donors (Lipinski definition) is 0. The predicted molar refractivity (Wildman–Crippen MR) is 107 cm³/mol. The lowest BCUT2D eigenvalue weighted by atomic mass is 10.2. The highest BCUT2D eigenvalue weighted by Gasteiger charge is 2.24. The van der Waals surface area contributed by atoms with Crippen molar-refractivity contribution in [1.29, 1.82) is 0 Å². The standard InChI is InChI=1S/C22H23NO5/c1-3-6-16-9-10-19(20(13-16)26-2)27-15-22(25)28-14-21(24)23-12-11-17-7-4-5-8-18(17)23/h3-10,13H,11-12,14-15H2,1-2H3/b6-3+.